The van der Waals surface area contributed by atoms with Gasteiger partial charge in [-0.1, -0.05) is 48.5 Å². The van der Waals surface area contributed by atoms with E-state index >= 15 is 0 Å². The summed E-state index contributed by atoms with van der Waals surface area (Å²) in [6, 6.07) is 20.3. The van der Waals surface area contributed by atoms with Crippen molar-refractivity contribution < 1.29 is 29.9 Å². The Bertz CT molecular complexity index is 1250. The quantitative estimate of drug-likeness (QED) is 0.309. The van der Waals surface area contributed by atoms with E-state index in [1.807, 2.05) is 30.5 Å². The minimum atomic E-state index is -1.49. The number of H-pyrrole nitrogens is 1. The number of benzene rings is 3. The van der Waals surface area contributed by atoms with E-state index in [-0.39, 0.29) is 0 Å². The Hall–Kier alpha value is -2.94. The molecule has 0 bridgehead atoms. The van der Waals surface area contributed by atoms with E-state index in [1.54, 1.807) is 6.07 Å². The van der Waals surface area contributed by atoms with E-state index in [1.165, 1.54) is 16.3 Å². The average molecular weight is 450 g/mol. The van der Waals surface area contributed by atoms with Crippen LogP contribution in [0.5, 0.6) is 5.75 Å². The second kappa shape index (κ2) is 9.13. The number of aryl methyl sites for hydroxylation is 2. The number of hydrogen-bond donors (Lipinski definition) is 5. The lowest BCUT2D eigenvalue weighted by atomic mass is 9.99. The van der Waals surface area contributed by atoms with Gasteiger partial charge in [-0.2, -0.15) is 0 Å². The van der Waals surface area contributed by atoms with Gasteiger partial charge in [0, 0.05) is 17.1 Å². The third kappa shape index (κ3) is 4.21. The molecule has 4 aromatic rings. The Morgan fingerprint density at radius 3 is 2.48 bits per heavy atom. The van der Waals surface area contributed by atoms with Crippen molar-refractivity contribution in [3.63, 3.8) is 0 Å². The SMILES string of the molecule is OC[C@H]1O[C@@H](Oc2cccc3[nH]cc(CCc4ccc5ccccc5c4)c23)[C@H](O)[C@@H](O)[C@@H]1O. The fourth-order valence-corrected chi connectivity index (χ4v) is 4.48. The second-order valence-electron chi connectivity index (χ2n) is 8.49. The lowest BCUT2D eigenvalue weighted by Gasteiger charge is -2.39. The van der Waals surface area contributed by atoms with Crippen LogP contribution in [0.2, 0.25) is 0 Å². The molecule has 5 atom stereocenters. The predicted octanol–water partition coefficient (Wildman–Crippen LogP) is 2.28. The van der Waals surface area contributed by atoms with Crippen molar-refractivity contribution in [2.24, 2.45) is 0 Å². The molecule has 1 fully saturated rings. The van der Waals surface area contributed by atoms with E-state index in [0.717, 1.165) is 29.3 Å². The Balaban J connectivity index is 1.39. The molecule has 1 aliphatic rings. The molecule has 0 radical (unpaired) electrons. The molecule has 0 amide bonds. The molecule has 0 saturated carbocycles. The molecule has 5 N–H and O–H groups in total. The number of rotatable bonds is 6. The molecule has 0 aliphatic carbocycles. The van der Waals surface area contributed by atoms with Gasteiger partial charge in [-0.15, -0.1) is 0 Å². The van der Waals surface area contributed by atoms with Crippen LogP contribution in [0.15, 0.2) is 66.9 Å². The van der Waals surface area contributed by atoms with Gasteiger partial charge in [0.15, 0.2) is 0 Å². The van der Waals surface area contributed by atoms with Crippen molar-refractivity contribution in [1.82, 2.24) is 4.98 Å². The van der Waals surface area contributed by atoms with E-state index in [9.17, 15) is 20.4 Å². The highest BCUT2D eigenvalue weighted by atomic mass is 16.7. The molecule has 2 heterocycles. The first kappa shape index (κ1) is 21.9. The monoisotopic (exact) mass is 449 g/mol. The zero-order valence-corrected chi connectivity index (χ0v) is 18.0. The zero-order valence-electron chi connectivity index (χ0n) is 18.0. The van der Waals surface area contributed by atoms with Crippen molar-refractivity contribution in [1.29, 1.82) is 0 Å². The summed E-state index contributed by atoms with van der Waals surface area (Å²) in [6.45, 7) is -0.504. The van der Waals surface area contributed by atoms with Crippen LogP contribution in [0.3, 0.4) is 0 Å². The Kier molecular flexibility index (Phi) is 6.05. The third-order valence-corrected chi connectivity index (χ3v) is 6.34. The highest BCUT2D eigenvalue weighted by molar-refractivity contribution is 5.89. The molecule has 7 heteroatoms. The summed E-state index contributed by atoms with van der Waals surface area (Å²) in [5.41, 5.74) is 3.17. The maximum absolute atomic E-state index is 10.4. The van der Waals surface area contributed by atoms with Gasteiger partial charge in [0.1, 0.15) is 30.2 Å². The summed E-state index contributed by atoms with van der Waals surface area (Å²) in [7, 11) is 0. The van der Waals surface area contributed by atoms with Crippen LogP contribution < -0.4 is 4.74 Å². The summed E-state index contributed by atoms with van der Waals surface area (Å²) < 4.78 is 11.5. The van der Waals surface area contributed by atoms with E-state index < -0.39 is 37.3 Å². The largest absolute Gasteiger partial charge is 0.461 e. The van der Waals surface area contributed by atoms with E-state index in [0.29, 0.717) is 5.75 Å². The van der Waals surface area contributed by atoms with Gasteiger partial charge in [0.25, 0.3) is 0 Å². The van der Waals surface area contributed by atoms with Gasteiger partial charge in [0.2, 0.25) is 6.29 Å². The van der Waals surface area contributed by atoms with Gasteiger partial charge in [-0.3, -0.25) is 0 Å². The molecule has 172 valence electrons. The summed E-state index contributed by atoms with van der Waals surface area (Å²) in [5.74, 6) is 0.492. The molecule has 1 saturated heterocycles. The number of aliphatic hydroxyl groups is 4. The van der Waals surface area contributed by atoms with Crippen LogP contribution in [0, 0.1) is 0 Å². The first-order valence-corrected chi connectivity index (χ1v) is 11.1. The average Bonchev–Trinajstić information content (AvgIpc) is 3.27. The van der Waals surface area contributed by atoms with Gasteiger partial charge < -0.3 is 34.9 Å². The lowest BCUT2D eigenvalue weighted by Crippen LogP contribution is -2.60. The van der Waals surface area contributed by atoms with Crippen LogP contribution in [0.25, 0.3) is 21.7 Å². The topological polar surface area (TPSA) is 115 Å². The summed E-state index contributed by atoms with van der Waals surface area (Å²) >= 11 is 0. The molecular formula is C26H27NO6. The lowest BCUT2D eigenvalue weighted by molar-refractivity contribution is -0.277. The van der Waals surface area contributed by atoms with Crippen LogP contribution in [0.4, 0.5) is 0 Å². The van der Waals surface area contributed by atoms with E-state index in [4.69, 9.17) is 9.47 Å². The third-order valence-electron chi connectivity index (χ3n) is 6.34. The number of fused-ring (bicyclic) bond motifs is 2. The van der Waals surface area contributed by atoms with Gasteiger partial charge >= 0.3 is 0 Å². The molecule has 1 aromatic heterocycles. The predicted molar refractivity (Wildman–Crippen MR) is 124 cm³/mol. The highest BCUT2D eigenvalue weighted by Crippen LogP contribution is 2.33. The number of ether oxygens (including phenoxy) is 2. The van der Waals surface area contributed by atoms with Gasteiger partial charge in [0.05, 0.1) is 6.61 Å². The molecule has 3 aromatic carbocycles. The maximum Gasteiger partial charge on any atom is 0.229 e. The normalized spacial score (nSPS) is 25.5. The standard InChI is InChI=1S/C26H27NO6/c28-14-21-23(29)24(30)25(31)26(33-21)32-20-7-3-6-19-22(20)18(13-27-19)11-9-15-8-10-16-4-1-2-5-17(16)12-15/h1-8,10,12-13,21,23-31H,9,11,14H2/t21-,23-,24+,25-,26-/m1/s1. The molecule has 0 spiro atoms. The fourth-order valence-electron chi connectivity index (χ4n) is 4.48. The van der Waals surface area contributed by atoms with Crippen molar-refractivity contribution in [2.75, 3.05) is 6.61 Å². The fraction of sp³-hybridized carbons (Fsp3) is 0.308. The minimum absolute atomic E-state index is 0.492. The number of aromatic nitrogens is 1. The van der Waals surface area contributed by atoms with Crippen LogP contribution in [-0.2, 0) is 17.6 Å². The maximum atomic E-state index is 10.4. The molecule has 0 unspecified atom stereocenters. The Morgan fingerprint density at radius 1 is 0.848 bits per heavy atom. The molecule has 5 rings (SSSR count). The van der Waals surface area contributed by atoms with Crippen LogP contribution >= 0.6 is 0 Å². The molecule has 33 heavy (non-hydrogen) atoms. The van der Waals surface area contributed by atoms with Gasteiger partial charge in [-0.25, -0.2) is 0 Å². The van der Waals surface area contributed by atoms with Crippen LogP contribution in [0.1, 0.15) is 11.1 Å². The minimum Gasteiger partial charge on any atom is -0.461 e. The van der Waals surface area contributed by atoms with Gasteiger partial charge in [-0.05, 0) is 46.9 Å². The highest BCUT2D eigenvalue weighted by Gasteiger charge is 2.44. The second-order valence-corrected chi connectivity index (χ2v) is 8.49. The van der Waals surface area contributed by atoms with Crippen molar-refractivity contribution >= 4 is 21.7 Å². The summed E-state index contributed by atoms with van der Waals surface area (Å²) in [6.07, 6.45) is -3.06. The van der Waals surface area contributed by atoms with Crippen molar-refractivity contribution in [3.8, 4) is 5.75 Å². The number of aromatic amines is 1. The molecule has 1 aliphatic heterocycles. The van der Waals surface area contributed by atoms with E-state index in [2.05, 4.69) is 35.3 Å². The zero-order chi connectivity index (χ0) is 22.9. The van der Waals surface area contributed by atoms with Crippen molar-refractivity contribution in [2.45, 2.75) is 43.5 Å². The molecule has 7 nitrogen and oxygen atoms in total. The smallest absolute Gasteiger partial charge is 0.229 e. The Labute approximate surface area is 190 Å². The van der Waals surface area contributed by atoms with Crippen LogP contribution in [-0.4, -0.2) is 62.7 Å². The molecular weight excluding hydrogens is 422 g/mol. The number of hydrogen-bond acceptors (Lipinski definition) is 6. The first-order chi connectivity index (χ1) is 16.0. The Morgan fingerprint density at radius 2 is 1.67 bits per heavy atom. The summed E-state index contributed by atoms with van der Waals surface area (Å²) in [4.78, 5) is 3.27. The number of nitrogens with one attached hydrogen (secondary N) is 1. The van der Waals surface area contributed by atoms with Crippen molar-refractivity contribution in [3.05, 3.63) is 78.0 Å². The summed E-state index contributed by atoms with van der Waals surface area (Å²) in [5, 5.41) is 43.2. The number of aliphatic hydroxyl groups excluding tert-OH is 4. The first-order valence-electron chi connectivity index (χ1n) is 11.1.